The highest BCUT2D eigenvalue weighted by Crippen LogP contribution is 2.42. The summed E-state index contributed by atoms with van der Waals surface area (Å²) in [5.74, 6) is 0.592. The molecule has 2 aromatic carbocycles. The number of aryl methyl sites for hydroxylation is 1. The molecule has 0 N–H and O–H groups in total. The molecule has 2 aliphatic rings. The number of benzene rings is 2. The van der Waals surface area contributed by atoms with E-state index in [0.29, 0.717) is 36.1 Å². The fourth-order valence-electron chi connectivity index (χ4n) is 4.55. The third kappa shape index (κ3) is 3.01. The quantitative estimate of drug-likeness (QED) is 0.774. The van der Waals surface area contributed by atoms with Gasteiger partial charge in [0.1, 0.15) is 5.78 Å². The molecule has 0 saturated heterocycles. The molecule has 1 saturated carbocycles. The zero-order valence-corrected chi connectivity index (χ0v) is 17.6. The van der Waals surface area contributed by atoms with Crippen LogP contribution >= 0.6 is 0 Å². The largest absolute Gasteiger partial charge is 0.299 e. The van der Waals surface area contributed by atoms with Crippen LogP contribution in [-0.4, -0.2) is 18.5 Å². The lowest BCUT2D eigenvalue weighted by Crippen LogP contribution is -2.42. The Hall–Kier alpha value is -1.98. The van der Waals surface area contributed by atoms with Crippen molar-refractivity contribution >= 4 is 15.8 Å². The second kappa shape index (κ2) is 6.82. The molecule has 1 heterocycles. The molecule has 2 aromatic rings. The van der Waals surface area contributed by atoms with Gasteiger partial charge in [-0.25, -0.2) is 8.42 Å². The van der Waals surface area contributed by atoms with Crippen LogP contribution in [0.1, 0.15) is 55.4 Å². The summed E-state index contributed by atoms with van der Waals surface area (Å²) in [7, 11) is -3.53. The van der Waals surface area contributed by atoms with Gasteiger partial charge >= 0.3 is 0 Å². The molecular formula is C23H27NO3S. The van der Waals surface area contributed by atoms with Gasteiger partial charge in [0.15, 0.2) is 0 Å². The molecule has 2 atom stereocenters. The van der Waals surface area contributed by atoms with E-state index in [4.69, 9.17) is 0 Å². The summed E-state index contributed by atoms with van der Waals surface area (Å²) in [5.41, 5.74) is 3.63. The molecule has 1 fully saturated rings. The van der Waals surface area contributed by atoms with Crippen LogP contribution < -0.4 is 0 Å². The molecule has 0 radical (unpaired) electrons. The predicted molar refractivity (Wildman–Crippen MR) is 109 cm³/mol. The number of hydrogen-bond donors (Lipinski definition) is 0. The van der Waals surface area contributed by atoms with E-state index in [-0.39, 0.29) is 0 Å². The molecule has 4 rings (SSSR count). The van der Waals surface area contributed by atoms with Crippen LogP contribution in [-0.2, 0) is 33.3 Å². The molecule has 5 heteroatoms. The molecule has 0 amide bonds. The Labute approximate surface area is 167 Å². The number of sulfonamides is 1. The summed E-state index contributed by atoms with van der Waals surface area (Å²) in [6, 6.07) is 13.1. The Balaban J connectivity index is 1.64. The maximum Gasteiger partial charge on any atom is 0.243 e. The van der Waals surface area contributed by atoms with E-state index in [1.165, 1.54) is 4.31 Å². The van der Waals surface area contributed by atoms with E-state index in [1.807, 2.05) is 31.2 Å². The molecule has 0 unspecified atom stereocenters. The lowest BCUT2D eigenvalue weighted by atomic mass is 9.63. The average molecular weight is 398 g/mol. The Bertz CT molecular complexity index is 1030. The normalized spacial score (nSPS) is 25.7. The lowest BCUT2D eigenvalue weighted by molar-refractivity contribution is -0.128. The van der Waals surface area contributed by atoms with Gasteiger partial charge in [-0.05, 0) is 61.4 Å². The zero-order valence-electron chi connectivity index (χ0n) is 16.7. The maximum absolute atomic E-state index is 13.0. The maximum atomic E-state index is 13.0. The molecule has 0 spiro atoms. The van der Waals surface area contributed by atoms with Gasteiger partial charge in [-0.3, -0.25) is 4.79 Å². The van der Waals surface area contributed by atoms with Gasteiger partial charge in [0.25, 0.3) is 0 Å². The summed E-state index contributed by atoms with van der Waals surface area (Å²) in [6.07, 6.45) is 2.64. The van der Waals surface area contributed by atoms with Gasteiger partial charge in [-0.1, -0.05) is 42.8 Å². The zero-order chi connectivity index (χ0) is 20.1. The minimum Gasteiger partial charge on any atom is -0.299 e. The van der Waals surface area contributed by atoms with Crippen molar-refractivity contribution in [2.75, 3.05) is 0 Å². The SMILES string of the molecule is Cc1ccc(S(=O)(=O)N2Cc3ccc([C@@]4(C)C(=O)CCC[C@@H]4C)cc3C2)cc1. The third-order valence-electron chi connectivity index (χ3n) is 6.76. The minimum absolute atomic E-state index is 0.292. The number of rotatable bonds is 3. The van der Waals surface area contributed by atoms with Crippen LogP contribution in [0, 0.1) is 12.8 Å². The lowest BCUT2D eigenvalue weighted by Gasteiger charge is -2.39. The minimum atomic E-state index is -3.53. The number of ketones is 1. The molecule has 28 heavy (non-hydrogen) atoms. The summed E-state index contributed by atoms with van der Waals surface area (Å²) in [5, 5.41) is 0. The first kappa shape index (κ1) is 19.3. The van der Waals surface area contributed by atoms with Crippen LogP contribution in [0.15, 0.2) is 47.4 Å². The monoisotopic (exact) mass is 397 g/mol. The number of Topliss-reactive ketones (excluding diaryl/α,β-unsaturated/α-hetero) is 1. The number of nitrogens with zero attached hydrogens (tertiary/aromatic N) is 1. The van der Waals surface area contributed by atoms with Crippen molar-refractivity contribution in [3.63, 3.8) is 0 Å². The number of carbonyl (C=O) groups is 1. The van der Waals surface area contributed by atoms with Gasteiger partial charge in [-0.15, -0.1) is 0 Å². The van der Waals surface area contributed by atoms with E-state index in [2.05, 4.69) is 19.9 Å². The Morgan fingerprint density at radius 3 is 2.39 bits per heavy atom. The van der Waals surface area contributed by atoms with Crippen molar-refractivity contribution in [1.29, 1.82) is 0 Å². The number of carbonyl (C=O) groups excluding carboxylic acids is 1. The molecule has 0 aromatic heterocycles. The first-order valence-electron chi connectivity index (χ1n) is 9.95. The van der Waals surface area contributed by atoms with E-state index in [9.17, 15) is 13.2 Å². The standard InChI is InChI=1S/C23H27NO3S/c1-16-7-11-21(12-8-16)28(26,27)24-14-18-9-10-20(13-19(18)15-24)23(3)17(2)5-4-6-22(23)25/h7-13,17H,4-6,14-15H2,1-3H3/t17-,23-/m0/s1. The smallest absolute Gasteiger partial charge is 0.243 e. The fourth-order valence-corrected chi connectivity index (χ4v) is 5.95. The van der Waals surface area contributed by atoms with Crippen LogP contribution in [0.5, 0.6) is 0 Å². The molecular weight excluding hydrogens is 370 g/mol. The molecule has 1 aliphatic heterocycles. The van der Waals surface area contributed by atoms with Crippen molar-refractivity contribution in [3.05, 3.63) is 64.7 Å². The Morgan fingerprint density at radius 1 is 1.04 bits per heavy atom. The Kier molecular flexibility index (Phi) is 4.71. The molecule has 0 bridgehead atoms. The van der Waals surface area contributed by atoms with Crippen molar-refractivity contribution in [2.24, 2.45) is 5.92 Å². The van der Waals surface area contributed by atoms with Crippen molar-refractivity contribution in [3.8, 4) is 0 Å². The van der Waals surface area contributed by atoms with E-state index in [0.717, 1.165) is 35.1 Å². The van der Waals surface area contributed by atoms with Gasteiger partial charge in [0.05, 0.1) is 10.3 Å². The summed E-state index contributed by atoms with van der Waals surface area (Å²) in [6.45, 7) is 6.89. The van der Waals surface area contributed by atoms with Crippen molar-refractivity contribution in [2.45, 2.75) is 63.4 Å². The fraction of sp³-hybridized carbons (Fsp3) is 0.435. The van der Waals surface area contributed by atoms with Crippen LogP contribution in [0.3, 0.4) is 0 Å². The van der Waals surface area contributed by atoms with Crippen LogP contribution in [0.2, 0.25) is 0 Å². The van der Waals surface area contributed by atoms with Gasteiger partial charge < -0.3 is 0 Å². The topological polar surface area (TPSA) is 54.5 Å². The third-order valence-corrected chi connectivity index (χ3v) is 8.57. The molecule has 148 valence electrons. The highest BCUT2D eigenvalue weighted by molar-refractivity contribution is 7.89. The predicted octanol–water partition coefficient (Wildman–Crippen LogP) is 4.35. The van der Waals surface area contributed by atoms with Gasteiger partial charge in [0.2, 0.25) is 10.0 Å². The number of hydrogen-bond acceptors (Lipinski definition) is 3. The summed E-state index contributed by atoms with van der Waals surface area (Å²) < 4.78 is 27.6. The van der Waals surface area contributed by atoms with Crippen molar-refractivity contribution in [1.82, 2.24) is 4.31 Å². The summed E-state index contributed by atoms with van der Waals surface area (Å²) >= 11 is 0. The second-order valence-corrected chi connectivity index (χ2v) is 10.4. The van der Waals surface area contributed by atoms with E-state index < -0.39 is 15.4 Å². The van der Waals surface area contributed by atoms with E-state index >= 15 is 0 Å². The van der Waals surface area contributed by atoms with Crippen LogP contribution in [0.4, 0.5) is 0 Å². The molecule has 4 nitrogen and oxygen atoms in total. The van der Waals surface area contributed by atoms with Crippen molar-refractivity contribution < 1.29 is 13.2 Å². The molecule has 1 aliphatic carbocycles. The first-order chi connectivity index (χ1) is 13.2. The second-order valence-electron chi connectivity index (χ2n) is 8.49. The number of fused-ring (bicyclic) bond motifs is 1. The first-order valence-corrected chi connectivity index (χ1v) is 11.4. The summed E-state index contributed by atoms with van der Waals surface area (Å²) in [4.78, 5) is 13.1. The highest BCUT2D eigenvalue weighted by Gasteiger charge is 2.43. The van der Waals surface area contributed by atoms with E-state index in [1.54, 1.807) is 12.1 Å². The van der Waals surface area contributed by atoms with Gasteiger partial charge in [-0.2, -0.15) is 4.31 Å². The van der Waals surface area contributed by atoms with Gasteiger partial charge in [0, 0.05) is 19.5 Å². The Morgan fingerprint density at radius 2 is 1.71 bits per heavy atom. The van der Waals surface area contributed by atoms with Crippen LogP contribution in [0.25, 0.3) is 0 Å². The average Bonchev–Trinajstić information content (AvgIpc) is 3.10. The highest BCUT2D eigenvalue weighted by atomic mass is 32.2.